The molecule has 0 amide bonds. The minimum Gasteiger partial charge on any atom is -0.464 e. The molecule has 110 valence electrons. The summed E-state index contributed by atoms with van der Waals surface area (Å²) in [6.07, 6.45) is 0.257. The summed E-state index contributed by atoms with van der Waals surface area (Å²) in [5.74, 6) is -0.630. The van der Waals surface area contributed by atoms with Gasteiger partial charge in [-0.2, -0.15) is 4.72 Å². The Hall–Kier alpha value is -1.49. The van der Waals surface area contributed by atoms with E-state index in [1.165, 1.54) is 0 Å². The van der Waals surface area contributed by atoms with Gasteiger partial charge in [-0.3, -0.25) is 4.79 Å². The predicted molar refractivity (Wildman–Crippen MR) is 67.5 cm³/mol. The van der Waals surface area contributed by atoms with Gasteiger partial charge in [-0.15, -0.1) is 0 Å². The maximum atomic E-state index is 12.0. The Kier molecular flexibility index (Phi) is 3.82. The first-order chi connectivity index (χ1) is 9.20. The molecule has 0 radical (unpaired) electrons. The van der Waals surface area contributed by atoms with E-state index >= 15 is 0 Å². The lowest BCUT2D eigenvalue weighted by atomic mass is 10.3. The van der Waals surface area contributed by atoms with Crippen molar-refractivity contribution in [2.75, 3.05) is 6.61 Å². The molecule has 1 saturated heterocycles. The Labute approximate surface area is 116 Å². The number of benzene rings is 1. The first-order valence-corrected chi connectivity index (χ1v) is 8.55. The highest BCUT2D eigenvalue weighted by molar-refractivity contribution is 7.89. The van der Waals surface area contributed by atoms with Gasteiger partial charge in [0.15, 0.2) is 0 Å². The molecular weight excluding hydrogens is 308 g/mol. The number of nitrogens with one attached hydrogen (secondary N) is 1. The van der Waals surface area contributed by atoms with E-state index in [-0.39, 0.29) is 22.8 Å². The molecule has 1 aromatic carbocycles. The van der Waals surface area contributed by atoms with Gasteiger partial charge in [-0.1, -0.05) is 0 Å². The third kappa shape index (κ3) is 3.15. The molecule has 2 rings (SSSR count). The topological polar surface area (TPSA) is 133 Å². The fraction of sp³-hybridized carbons (Fsp3) is 0.300. The van der Waals surface area contributed by atoms with Crippen molar-refractivity contribution in [3.8, 4) is 0 Å². The fourth-order valence-corrected chi connectivity index (χ4v) is 3.40. The molecule has 1 atom stereocenters. The van der Waals surface area contributed by atoms with Crippen molar-refractivity contribution < 1.29 is 26.4 Å². The SMILES string of the molecule is NS(=O)(=O)c1ccc(S(=O)(=O)N[C@H]2CCOC2=O)cc1. The van der Waals surface area contributed by atoms with E-state index in [0.29, 0.717) is 0 Å². The molecule has 20 heavy (non-hydrogen) atoms. The van der Waals surface area contributed by atoms with Crippen molar-refractivity contribution in [1.29, 1.82) is 0 Å². The maximum absolute atomic E-state index is 12.0. The normalized spacial score (nSPS) is 19.9. The average Bonchev–Trinajstić information content (AvgIpc) is 2.73. The zero-order valence-electron chi connectivity index (χ0n) is 10.1. The summed E-state index contributed by atoms with van der Waals surface area (Å²) in [7, 11) is -7.81. The van der Waals surface area contributed by atoms with Crippen LogP contribution < -0.4 is 9.86 Å². The number of hydrogen-bond acceptors (Lipinski definition) is 6. The smallest absolute Gasteiger partial charge is 0.324 e. The lowest BCUT2D eigenvalue weighted by Gasteiger charge is -2.10. The summed E-state index contributed by atoms with van der Waals surface area (Å²) >= 11 is 0. The number of sulfonamides is 2. The minimum atomic E-state index is -3.93. The molecule has 1 heterocycles. The van der Waals surface area contributed by atoms with Crippen molar-refractivity contribution in [3.05, 3.63) is 24.3 Å². The second-order valence-corrected chi connectivity index (χ2v) is 7.42. The van der Waals surface area contributed by atoms with Crippen LogP contribution in [-0.2, 0) is 29.6 Å². The quantitative estimate of drug-likeness (QED) is 0.679. The van der Waals surface area contributed by atoms with Gasteiger partial charge in [0.05, 0.1) is 16.4 Å². The first kappa shape index (κ1) is 14.9. The molecule has 1 aliphatic rings. The predicted octanol–water partition coefficient (Wildman–Crippen LogP) is -1.07. The van der Waals surface area contributed by atoms with Gasteiger partial charge in [-0.25, -0.2) is 22.0 Å². The van der Waals surface area contributed by atoms with Gasteiger partial charge < -0.3 is 4.74 Å². The summed E-state index contributed by atoms with van der Waals surface area (Å²) in [6.45, 7) is 0.163. The Morgan fingerprint density at radius 3 is 2.10 bits per heavy atom. The molecule has 0 spiro atoms. The maximum Gasteiger partial charge on any atom is 0.324 e. The van der Waals surface area contributed by atoms with Crippen LogP contribution >= 0.6 is 0 Å². The molecule has 10 heteroatoms. The van der Waals surface area contributed by atoms with Crippen molar-refractivity contribution in [2.45, 2.75) is 22.3 Å². The van der Waals surface area contributed by atoms with Crippen molar-refractivity contribution in [3.63, 3.8) is 0 Å². The van der Waals surface area contributed by atoms with Gasteiger partial charge in [0.25, 0.3) is 0 Å². The van der Waals surface area contributed by atoms with Crippen LogP contribution in [0, 0.1) is 0 Å². The standard InChI is InChI=1S/C10H12N2O6S2/c11-19(14,15)7-1-3-8(4-2-7)20(16,17)12-9-5-6-18-10(9)13/h1-4,9,12H,5-6H2,(H2,11,14,15)/t9-/m0/s1. The molecule has 1 fully saturated rings. The molecule has 0 saturated carbocycles. The van der Waals surface area contributed by atoms with Crippen LogP contribution in [0.15, 0.2) is 34.1 Å². The number of carbonyl (C=O) groups excluding carboxylic acids is 1. The monoisotopic (exact) mass is 320 g/mol. The number of ether oxygens (including phenoxy) is 1. The third-order valence-electron chi connectivity index (χ3n) is 2.70. The molecule has 0 aliphatic carbocycles. The second kappa shape index (κ2) is 5.13. The highest BCUT2D eigenvalue weighted by Crippen LogP contribution is 2.15. The number of carbonyl (C=O) groups is 1. The van der Waals surface area contributed by atoms with Crippen LogP contribution in [0.25, 0.3) is 0 Å². The molecule has 0 aromatic heterocycles. The summed E-state index contributed by atoms with van der Waals surface area (Å²) in [4.78, 5) is 10.9. The summed E-state index contributed by atoms with van der Waals surface area (Å²) < 4.78 is 53.0. The highest BCUT2D eigenvalue weighted by Gasteiger charge is 2.31. The van der Waals surface area contributed by atoms with Gasteiger partial charge in [-0.05, 0) is 24.3 Å². The van der Waals surface area contributed by atoms with E-state index in [4.69, 9.17) is 5.14 Å². The Morgan fingerprint density at radius 1 is 1.10 bits per heavy atom. The highest BCUT2D eigenvalue weighted by atomic mass is 32.2. The summed E-state index contributed by atoms with van der Waals surface area (Å²) in [6, 6.07) is 3.44. The van der Waals surface area contributed by atoms with Crippen molar-refractivity contribution in [2.24, 2.45) is 5.14 Å². The molecule has 0 unspecified atom stereocenters. The van der Waals surface area contributed by atoms with Gasteiger partial charge in [0.1, 0.15) is 6.04 Å². The number of esters is 1. The second-order valence-electron chi connectivity index (χ2n) is 4.15. The van der Waals surface area contributed by atoms with Crippen molar-refractivity contribution in [1.82, 2.24) is 4.72 Å². The van der Waals surface area contributed by atoms with E-state index in [9.17, 15) is 21.6 Å². The van der Waals surface area contributed by atoms with Crippen LogP contribution in [0.5, 0.6) is 0 Å². The van der Waals surface area contributed by atoms with E-state index in [0.717, 1.165) is 24.3 Å². The van der Waals surface area contributed by atoms with Gasteiger partial charge in [0, 0.05) is 6.42 Å². The third-order valence-corrected chi connectivity index (χ3v) is 5.11. The van der Waals surface area contributed by atoms with Gasteiger partial charge >= 0.3 is 5.97 Å². The molecule has 3 N–H and O–H groups in total. The fourth-order valence-electron chi connectivity index (χ4n) is 1.67. The Morgan fingerprint density at radius 2 is 1.65 bits per heavy atom. The minimum absolute atomic E-state index is 0.162. The molecule has 0 bridgehead atoms. The zero-order valence-corrected chi connectivity index (χ0v) is 11.8. The molecule has 8 nitrogen and oxygen atoms in total. The largest absolute Gasteiger partial charge is 0.464 e. The molecule has 1 aliphatic heterocycles. The van der Waals surface area contributed by atoms with E-state index in [1.807, 2.05) is 0 Å². The van der Waals surface area contributed by atoms with Crippen LogP contribution in [0.4, 0.5) is 0 Å². The lowest BCUT2D eigenvalue weighted by Crippen LogP contribution is -2.37. The van der Waals surface area contributed by atoms with Crippen molar-refractivity contribution >= 4 is 26.0 Å². The lowest BCUT2D eigenvalue weighted by molar-refractivity contribution is -0.139. The summed E-state index contributed by atoms with van der Waals surface area (Å²) in [5.41, 5.74) is 0. The average molecular weight is 320 g/mol. The van der Waals surface area contributed by atoms with Crippen LogP contribution in [0.1, 0.15) is 6.42 Å². The van der Waals surface area contributed by atoms with E-state index < -0.39 is 32.1 Å². The first-order valence-electron chi connectivity index (χ1n) is 5.52. The van der Waals surface area contributed by atoms with Gasteiger partial charge in [0.2, 0.25) is 20.0 Å². The van der Waals surface area contributed by atoms with Crippen LogP contribution in [0.3, 0.4) is 0 Å². The van der Waals surface area contributed by atoms with Crippen LogP contribution in [0.2, 0.25) is 0 Å². The van der Waals surface area contributed by atoms with Crippen LogP contribution in [-0.4, -0.2) is 35.5 Å². The number of rotatable bonds is 4. The summed E-state index contributed by atoms with van der Waals surface area (Å²) in [5, 5.41) is 4.91. The number of hydrogen-bond donors (Lipinski definition) is 2. The van der Waals surface area contributed by atoms with E-state index in [2.05, 4.69) is 9.46 Å². The number of primary sulfonamides is 1. The Balaban J connectivity index is 2.24. The molecular formula is C10H12N2O6S2. The van der Waals surface area contributed by atoms with E-state index in [1.54, 1.807) is 0 Å². The molecule has 1 aromatic rings. The number of cyclic esters (lactones) is 1. The zero-order chi connectivity index (χ0) is 15.0. The number of nitrogens with two attached hydrogens (primary N) is 1. The Bertz CT molecular complexity index is 724.